The lowest BCUT2D eigenvalue weighted by molar-refractivity contribution is 0.0915. The summed E-state index contributed by atoms with van der Waals surface area (Å²) < 4.78 is 0.956. The van der Waals surface area contributed by atoms with Crippen LogP contribution in [0.1, 0.15) is 24.2 Å². The van der Waals surface area contributed by atoms with Crippen LogP contribution in [0.3, 0.4) is 0 Å². The van der Waals surface area contributed by atoms with Crippen LogP contribution in [0.4, 0.5) is 0 Å². The Morgan fingerprint density at radius 1 is 1.38 bits per heavy atom. The predicted molar refractivity (Wildman–Crippen MR) is 72.0 cm³/mol. The first-order valence-corrected chi connectivity index (χ1v) is 5.52. The second-order valence-corrected chi connectivity index (χ2v) is 4.96. The van der Waals surface area contributed by atoms with E-state index >= 15 is 0 Å². The normalized spacial score (nSPS) is 10.5. The van der Waals surface area contributed by atoms with E-state index in [0.29, 0.717) is 12.1 Å². The molecule has 0 heterocycles. The Balaban J connectivity index is 0.00000225. The lowest BCUT2D eigenvalue weighted by Gasteiger charge is -2.24. The summed E-state index contributed by atoms with van der Waals surface area (Å²) in [6.07, 6.45) is 0. The second-order valence-electron chi connectivity index (χ2n) is 4.05. The maximum atomic E-state index is 11.7. The van der Waals surface area contributed by atoms with E-state index < -0.39 is 0 Å². The summed E-state index contributed by atoms with van der Waals surface area (Å²) in [5.74, 6) is -0.0991. The number of halogens is 2. The maximum Gasteiger partial charge on any atom is 0.251 e. The lowest BCUT2D eigenvalue weighted by atomic mass is 10.1. The van der Waals surface area contributed by atoms with E-state index in [2.05, 4.69) is 21.2 Å². The van der Waals surface area contributed by atoms with Crippen molar-refractivity contribution in [2.45, 2.75) is 19.4 Å². The van der Waals surface area contributed by atoms with Gasteiger partial charge in [0.15, 0.2) is 0 Å². The van der Waals surface area contributed by atoms with E-state index in [0.717, 1.165) is 4.47 Å². The van der Waals surface area contributed by atoms with Crippen LogP contribution in [0.5, 0.6) is 0 Å². The Bertz CT molecular complexity index is 352. The number of carbonyl (C=O) groups is 1. The number of carbonyl (C=O) groups excluding carboxylic acids is 1. The average molecular weight is 308 g/mol. The van der Waals surface area contributed by atoms with Crippen LogP contribution in [0.25, 0.3) is 0 Å². The fraction of sp³-hybridized carbons (Fsp3) is 0.364. The quantitative estimate of drug-likeness (QED) is 0.900. The SMILES string of the molecule is CC(C)(CN)NC(=O)c1ccc(Br)cc1.Cl. The molecule has 0 spiro atoms. The van der Waals surface area contributed by atoms with Crippen molar-refractivity contribution >= 4 is 34.2 Å². The molecule has 0 saturated carbocycles. The molecule has 0 radical (unpaired) electrons. The predicted octanol–water partition coefficient (Wildman–Crippen LogP) is 2.34. The van der Waals surface area contributed by atoms with Crippen LogP contribution in [0.15, 0.2) is 28.7 Å². The van der Waals surface area contributed by atoms with Gasteiger partial charge < -0.3 is 11.1 Å². The fourth-order valence-corrected chi connectivity index (χ4v) is 1.30. The summed E-state index contributed by atoms with van der Waals surface area (Å²) in [5, 5.41) is 2.86. The minimum atomic E-state index is -0.371. The lowest BCUT2D eigenvalue weighted by Crippen LogP contribution is -2.48. The molecular weight excluding hydrogens is 291 g/mol. The first-order chi connectivity index (χ1) is 6.94. The molecule has 0 atom stereocenters. The van der Waals surface area contributed by atoms with Gasteiger partial charge in [0.25, 0.3) is 5.91 Å². The van der Waals surface area contributed by atoms with Gasteiger partial charge in [-0.1, -0.05) is 15.9 Å². The fourth-order valence-electron chi connectivity index (χ4n) is 1.03. The molecule has 0 aliphatic rings. The molecule has 90 valence electrons. The molecule has 0 aromatic heterocycles. The van der Waals surface area contributed by atoms with Gasteiger partial charge in [-0.3, -0.25) is 4.79 Å². The highest BCUT2D eigenvalue weighted by atomic mass is 79.9. The van der Waals surface area contributed by atoms with E-state index in [1.165, 1.54) is 0 Å². The molecule has 1 rings (SSSR count). The van der Waals surface area contributed by atoms with E-state index in [9.17, 15) is 4.79 Å². The molecule has 0 aliphatic heterocycles. The van der Waals surface area contributed by atoms with Crippen molar-refractivity contribution < 1.29 is 4.79 Å². The third kappa shape index (κ3) is 4.51. The molecule has 0 aliphatic carbocycles. The van der Waals surface area contributed by atoms with Crippen LogP contribution in [-0.4, -0.2) is 18.0 Å². The number of nitrogens with one attached hydrogen (secondary N) is 1. The Morgan fingerprint density at radius 3 is 2.31 bits per heavy atom. The summed E-state index contributed by atoms with van der Waals surface area (Å²) >= 11 is 3.32. The van der Waals surface area contributed by atoms with E-state index in [1.54, 1.807) is 12.1 Å². The minimum absolute atomic E-state index is 0. The minimum Gasteiger partial charge on any atom is -0.346 e. The number of amides is 1. The number of benzene rings is 1. The first-order valence-electron chi connectivity index (χ1n) is 4.73. The third-order valence-electron chi connectivity index (χ3n) is 2.07. The molecule has 1 aromatic carbocycles. The van der Waals surface area contributed by atoms with E-state index in [4.69, 9.17) is 5.73 Å². The zero-order valence-corrected chi connectivity index (χ0v) is 11.7. The molecule has 16 heavy (non-hydrogen) atoms. The van der Waals surface area contributed by atoms with Crippen LogP contribution < -0.4 is 11.1 Å². The van der Waals surface area contributed by atoms with E-state index in [-0.39, 0.29) is 23.9 Å². The number of nitrogens with two attached hydrogens (primary N) is 1. The first kappa shape index (κ1) is 15.4. The van der Waals surface area contributed by atoms with Gasteiger partial charge in [0.1, 0.15) is 0 Å². The topological polar surface area (TPSA) is 55.1 Å². The molecule has 3 nitrogen and oxygen atoms in total. The molecule has 0 unspecified atom stereocenters. The molecule has 0 bridgehead atoms. The van der Waals surface area contributed by atoms with Crippen LogP contribution in [0.2, 0.25) is 0 Å². The molecule has 1 amide bonds. The molecule has 3 N–H and O–H groups in total. The summed E-state index contributed by atoms with van der Waals surface area (Å²) in [7, 11) is 0. The van der Waals surface area contributed by atoms with Gasteiger partial charge in [0.2, 0.25) is 0 Å². The molecule has 0 fully saturated rings. The van der Waals surface area contributed by atoms with Gasteiger partial charge in [-0.2, -0.15) is 0 Å². The number of hydrogen-bond donors (Lipinski definition) is 2. The van der Waals surface area contributed by atoms with Crippen LogP contribution in [0, 0.1) is 0 Å². The van der Waals surface area contributed by atoms with Crippen molar-refractivity contribution in [2.75, 3.05) is 6.54 Å². The summed E-state index contributed by atoms with van der Waals surface area (Å²) in [6.45, 7) is 4.20. The zero-order valence-electron chi connectivity index (χ0n) is 9.29. The van der Waals surface area contributed by atoms with Crippen molar-refractivity contribution in [3.8, 4) is 0 Å². The second kappa shape index (κ2) is 6.23. The van der Waals surface area contributed by atoms with Gasteiger partial charge in [-0.05, 0) is 38.1 Å². The Labute approximate surface area is 110 Å². The van der Waals surface area contributed by atoms with Crippen molar-refractivity contribution in [3.05, 3.63) is 34.3 Å². The Hall–Kier alpha value is -0.580. The molecular formula is C11H16BrClN2O. The number of hydrogen-bond acceptors (Lipinski definition) is 2. The smallest absolute Gasteiger partial charge is 0.251 e. The van der Waals surface area contributed by atoms with E-state index in [1.807, 2.05) is 26.0 Å². The Kier molecular flexibility index (Phi) is 6.00. The van der Waals surface area contributed by atoms with Gasteiger partial charge >= 0.3 is 0 Å². The van der Waals surface area contributed by atoms with Gasteiger partial charge in [-0.25, -0.2) is 0 Å². The third-order valence-corrected chi connectivity index (χ3v) is 2.60. The molecule has 0 saturated heterocycles. The van der Waals surface area contributed by atoms with Crippen LogP contribution >= 0.6 is 28.3 Å². The van der Waals surface area contributed by atoms with Gasteiger partial charge in [0, 0.05) is 22.1 Å². The van der Waals surface area contributed by atoms with Crippen molar-refractivity contribution in [3.63, 3.8) is 0 Å². The zero-order chi connectivity index (χ0) is 11.5. The van der Waals surface area contributed by atoms with Crippen molar-refractivity contribution in [2.24, 2.45) is 5.73 Å². The molecule has 1 aromatic rings. The standard InChI is InChI=1S/C11H15BrN2O.ClH/c1-11(2,7-13)14-10(15)8-3-5-9(12)6-4-8;/h3-6H,7,13H2,1-2H3,(H,14,15);1H. The average Bonchev–Trinajstić information content (AvgIpc) is 2.18. The summed E-state index contributed by atoms with van der Waals surface area (Å²) in [4.78, 5) is 11.7. The highest BCUT2D eigenvalue weighted by Crippen LogP contribution is 2.11. The van der Waals surface area contributed by atoms with Gasteiger partial charge in [0.05, 0.1) is 0 Å². The van der Waals surface area contributed by atoms with Gasteiger partial charge in [-0.15, -0.1) is 12.4 Å². The highest BCUT2D eigenvalue weighted by Gasteiger charge is 2.18. The van der Waals surface area contributed by atoms with Crippen LogP contribution in [-0.2, 0) is 0 Å². The Morgan fingerprint density at radius 2 is 1.88 bits per heavy atom. The molecule has 5 heteroatoms. The number of rotatable bonds is 3. The van der Waals surface area contributed by atoms with Crippen molar-refractivity contribution in [1.29, 1.82) is 0 Å². The summed E-state index contributed by atoms with van der Waals surface area (Å²) in [5.41, 5.74) is 5.80. The van der Waals surface area contributed by atoms with Crippen molar-refractivity contribution in [1.82, 2.24) is 5.32 Å². The monoisotopic (exact) mass is 306 g/mol. The highest BCUT2D eigenvalue weighted by molar-refractivity contribution is 9.10. The maximum absolute atomic E-state index is 11.7. The largest absolute Gasteiger partial charge is 0.346 e. The summed E-state index contributed by atoms with van der Waals surface area (Å²) in [6, 6.07) is 7.22.